The number of hydrogen-bond donors (Lipinski definition) is 2. The van der Waals surface area contributed by atoms with Crippen LogP contribution in [-0.4, -0.2) is 18.5 Å². The molecule has 3 nitrogen and oxygen atoms in total. The summed E-state index contributed by atoms with van der Waals surface area (Å²) in [6.45, 7) is 6.51. The Morgan fingerprint density at radius 2 is 2.10 bits per heavy atom. The molecule has 5 heteroatoms. The van der Waals surface area contributed by atoms with Gasteiger partial charge in [-0.25, -0.2) is 0 Å². The Balaban J connectivity index is 0.00000400. The lowest BCUT2D eigenvalue weighted by Gasteiger charge is -2.27. The molecule has 1 aromatic rings. The lowest BCUT2D eigenvalue weighted by Crippen LogP contribution is -2.47. The van der Waals surface area contributed by atoms with E-state index in [1.807, 2.05) is 38.1 Å². The van der Waals surface area contributed by atoms with Gasteiger partial charge in [-0.15, -0.1) is 12.4 Å². The van der Waals surface area contributed by atoms with Crippen molar-refractivity contribution in [2.45, 2.75) is 51.5 Å². The first kappa shape index (κ1) is 20.4. The maximum atomic E-state index is 12.5. The van der Waals surface area contributed by atoms with Crippen LogP contribution in [0.25, 0.3) is 0 Å². The van der Waals surface area contributed by atoms with Crippen LogP contribution in [0.15, 0.2) is 28.7 Å². The summed E-state index contributed by atoms with van der Waals surface area (Å²) in [5.41, 5.74) is 6.18. The van der Waals surface area contributed by atoms with Gasteiger partial charge in [-0.1, -0.05) is 47.8 Å². The Labute approximate surface area is 142 Å². The highest BCUT2D eigenvalue weighted by atomic mass is 79.9. The Morgan fingerprint density at radius 3 is 2.62 bits per heavy atom. The lowest BCUT2D eigenvalue weighted by molar-refractivity contribution is -0.126. The van der Waals surface area contributed by atoms with Crippen molar-refractivity contribution >= 4 is 34.2 Å². The molecule has 0 aliphatic carbocycles. The normalized spacial score (nSPS) is 12.4. The van der Waals surface area contributed by atoms with Crippen molar-refractivity contribution in [3.05, 3.63) is 34.3 Å². The van der Waals surface area contributed by atoms with Crippen molar-refractivity contribution in [3.63, 3.8) is 0 Å². The number of nitrogens with two attached hydrogens (primary N) is 1. The molecule has 0 saturated carbocycles. The molecule has 0 bridgehead atoms. The molecule has 1 unspecified atom stereocenters. The molecule has 1 aromatic carbocycles. The standard InChI is InChI=1S/C16H25BrN2O.ClH/c1-4-5-9-14(11-18)19-15(20)16(2,3)12-7-6-8-13(17)10-12;/h6-8,10,14H,4-5,9,11,18H2,1-3H3,(H,19,20);1H. The highest BCUT2D eigenvalue weighted by molar-refractivity contribution is 9.10. The summed E-state index contributed by atoms with van der Waals surface area (Å²) in [6.07, 6.45) is 3.13. The Bertz CT molecular complexity index is 452. The fourth-order valence-corrected chi connectivity index (χ4v) is 2.47. The van der Waals surface area contributed by atoms with Crippen molar-refractivity contribution in [2.75, 3.05) is 6.54 Å². The Morgan fingerprint density at radius 1 is 1.43 bits per heavy atom. The van der Waals surface area contributed by atoms with Gasteiger partial charge in [-0.2, -0.15) is 0 Å². The molecule has 1 amide bonds. The van der Waals surface area contributed by atoms with Crippen molar-refractivity contribution in [3.8, 4) is 0 Å². The number of rotatable bonds is 7. The molecule has 120 valence electrons. The molecule has 0 aliphatic heterocycles. The first-order chi connectivity index (χ1) is 9.41. The second-order valence-electron chi connectivity index (χ2n) is 5.68. The summed E-state index contributed by atoms with van der Waals surface area (Å²) in [5, 5.41) is 3.08. The molecule has 0 aromatic heterocycles. The molecular weight excluding hydrogens is 352 g/mol. The van der Waals surface area contributed by atoms with Gasteiger partial charge in [0, 0.05) is 17.1 Å². The zero-order chi connectivity index (χ0) is 15.2. The average Bonchev–Trinajstić information content (AvgIpc) is 2.43. The third kappa shape index (κ3) is 5.97. The van der Waals surface area contributed by atoms with Crippen LogP contribution in [0.5, 0.6) is 0 Å². The van der Waals surface area contributed by atoms with Gasteiger partial charge in [0.25, 0.3) is 0 Å². The predicted octanol–water partition coefficient (Wildman–Crippen LogP) is 3.78. The number of carbonyl (C=O) groups excluding carboxylic acids is 1. The average molecular weight is 378 g/mol. The van der Waals surface area contributed by atoms with Crippen molar-refractivity contribution < 1.29 is 4.79 Å². The molecule has 21 heavy (non-hydrogen) atoms. The van der Waals surface area contributed by atoms with Crippen LogP contribution in [0, 0.1) is 0 Å². The predicted molar refractivity (Wildman–Crippen MR) is 94.9 cm³/mol. The second kappa shape index (κ2) is 9.44. The van der Waals surface area contributed by atoms with E-state index in [2.05, 4.69) is 28.2 Å². The fourth-order valence-electron chi connectivity index (χ4n) is 2.07. The zero-order valence-electron chi connectivity index (χ0n) is 13.0. The van der Waals surface area contributed by atoms with Crippen LogP contribution in [0.3, 0.4) is 0 Å². The third-order valence-corrected chi connectivity index (χ3v) is 4.13. The minimum atomic E-state index is -0.566. The molecule has 0 fully saturated rings. The first-order valence-electron chi connectivity index (χ1n) is 7.19. The summed E-state index contributed by atoms with van der Waals surface area (Å²) in [5.74, 6) is 0.0298. The van der Waals surface area contributed by atoms with Crippen LogP contribution in [0.4, 0.5) is 0 Å². The minimum Gasteiger partial charge on any atom is -0.351 e. The topological polar surface area (TPSA) is 55.1 Å². The van der Waals surface area contributed by atoms with Crippen molar-refractivity contribution in [2.24, 2.45) is 5.73 Å². The number of nitrogens with one attached hydrogen (secondary N) is 1. The van der Waals surface area contributed by atoms with E-state index in [0.29, 0.717) is 6.54 Å². The molecule has 0 saturated heterocycles. The van der Waals surface area contributed by atoms with Gasteiger partial charge in [0.2, 0.25) is 5.91 Å². The number of halogens is 2. The molecule has 3 N–H and O–H groups in total. The molecule has 0 aliphatic rings. The highest BCUT2D eigenvalue weighted by Gasteiger charge is 2.31. The molecule has 1 rings (SSSR count). The first-order valence-corrected chi connectivity index (χ1v) is 7.98. The van der Waals surface area contributed by atoms with Crippen LogP contribution in [0.1, 0.15) is 45.6 Å². The smallest absolute Gasteiger partial charge is 0.230 e. The fraction of sp³-hybridized carbons (Fsp3) is 0.562. The van der Waals surface area contributed by atoms with E-state index in [4.69, 9.17) is 5.73 Å². The summed E-state index contributed by atoms with van der Waals surface area (Å²) < 4.78 is 0.984. The van der Waals surface area contributed by atoms with E-state index in [1.54, 1.807) is 0 Å². The molecule has 1 atom stereocenters. The van der Waals surface area contributed by atoms with E-state index in [9.17, 15) is 4.79 Å². The molecule has 0 radical (unpaired) electrons. The number of amides is 1. The quantitative estimate of drug-likeness (QED) is 0.759. The van der Waals surface area contributed by atoms with Gasteiger partial charge in [-0.3, -0.25) is 4.79 Å². The van der Waals surface area contributed by atoms with E-state index in [1.165, 1.54) is 0 Å². The third-order valence-electron chi connectivity index (χ3n) is 3.64. The number of carbonyl (C=O) groups is 1. The van der Waals surface area contributed by atoms with Gasteiger partial charge < -0.3 is 11.1 Å². The minimum absolute atomic E-state index is 0. The van der Waals surface area contributed by atoms with Gasteiger partial charge in [0.15, 0.2) is 0 Å². The van der Waals surface area contributed by atoms with Crippen LogP contribution < -0.4 is 11.1 Å². The summed E-state index contributed by atoms with van der Waals surface area (Å²) >= 11 is 3.45. The molecule has 0 heterocycles. The van der Waals surface area contributed by atoms with Gasteiger partial charge in [0.05, 0.1) is 5.41 Å². The summed E-state index contributed by atoms with van der Waals surface area (Å²) in [6, 6.07) is 7.94. The highest BCUT2D eigenvalue weighted by Crippen LogP contribution is 2.26. The van der Waals surface area contributed by atoms with Gasteiger partial charge in [0.1, 0.15) is 0 Å². The van der Waals surface area contributed by atoms with Gasteiger partial charge in [-0.05, 0) is 38.0 Å². The Kier molecular flexibility index (Phi) is 9.18. The molecular formula is C16H26BrClN2O. The zero-order valence-corrected chi connectivity index (χ0v) is 15.4. The Hall–Kier alpha value is -0.580. The summed E-state index contributed by atoms with van der Waals surface area (Å²) in [7, 11) is 0. The van der Waals surface area contributed by atoms with Crippen LogP contribution in [-0.2, 0) is 10.2 Å². The lowest BCUT2D eigenvalue weighted by atomic mass is 9.83. The van der Waals surface area contributed by atoms with E-state index < -0.39 is 5.41 Å². The summed E-state index contributed by atoms with van der Waals surface area (Å²) in [4.78, 5) is 12.5. The SMILES string of the molecule is CCCCC(CN)NC(=O)C(C)(C)c1cccc(Br)c1.Cl. The second-order valence-corrected chi connectivity index (χ2v) is 6.60. The monoisotopic (exact) mass is 376 g/mol. The maximum Gasteiger partial charge on any atom is 0.230 e. The van der Waals surface area contributed by atoms with Crippen molar-refractivity contribution in [1.82, 2.24) is 5.32 Å². The number of unbranched alkanes of at least 4 members (excludes halogenated alkanes) is 1. The molecule has 0 spiro atoms. The van der Waals surface area contributed by atoms with Crippen LogP contribution >= 0.6 is 28.3 Å². The van der Waals surface area contributed by atoms with Crippen LogP contribution in [0.2, 0.25) is 0 Å². The van der Waals surface area contributed by atoms with Gasteiger partial charge >= 0.3 is 0 Å². The van der Waals surface area contributed by atoms with E-state index >= 15 is 0 Å². The maximum absolute atomic E-state index is 12.5. The largest absolute Gasteiger partial charge is 0.351 e. The van der Waals surface area contributed by atoms with E-state index in [-0.39, 0.29) is 24.4 Å². The number of benzene rings is 1. The van der Waals surface area contributed by atoms with E-state index in [0.717, 1.165) is 29.3 Å². The van der Waals surface area contributed by atoms with Crippen molar-refractivity contribution in [1.29, 1.82) is 0 Å². The number of hydrogen-bond acceptors (Lipinski definition) is 2.